The van der Waals surface area contributed by atoms with Crippen LogP contribution in [0.3, 0.4) is 0 Å². The summed E-state index contributed by atoms with van der Waals surface area (Å²) < 4.78 is 48.4. The predicted octanol–water partition coefficient (Wildman–Crippen LogP) is 5.93. The lowest BCUT2D eigenvalue weighted by atomic mass is 10.1. The smallest absolute Gasteiger partial charge is 0.471 e. The van der Waals surface area contributed by atoms with E-state index in [1.807, 2.05) is 44.3 Å². The van der Waals surface area contributed by atoms with Gasteiger partial charge in [0.15, 0.2) is 0 Å². The normalized spacial score (nSPS) is 11.8. The lowest BCUT2D eigenvalue weighted by Gasteiger charge is -2.13. The van der Waals surface area contributed by atoms with Crippen molar-refractivity contribution in [2.75, 3.05) is 6.61 Å². The zero-order valence-corrected chi connectivity index (χ0v) is 17.0. The monoisotopic (exact) mass is 427 g/mol. The number of rotatable bonds is 6. The third-order valence-corrected chi connectivity index (χ3v) is 4.89. The van der Waals surface area contributed by atoms with E-state index in [2.05, 4.69) is 25.7 Å². The third-order valence-electron chi connectivity index (χ3n) is 4.89. The van der Waals surface area contributed by atoms with Crippen molar-refractivity contribution in [3.8, 4) is 17.1 Å². The molecule has 0 saturated heterocycles. The molecular formula is C23H20F3N3O2. The van der Waals surface area contributed by atoms with E-state index in [9.17, 15) is 13.2 Å². The van der Waals surface area contributed by atoms with Crippen molar-refractivity contribution in [1.29, 1.82) is 0 Å². The maximum atomic E-state index is 12.7. The minimum atomic E-state index is -4.67. The topological polar surface area (TPSA) is 61.0 Å². The quantitative estimate of drug-likeness (QED) is 0.357. The van der Waals surface area contributed by atoms with Crippen LogP contribution in [0.5, 0.6) is 5.75 Å². The fraction of sp³-hybridized carbons (Fsp3) is 0.261. The zero-order chi connectivity index (χ0) is 22.0. The first-order valence-corrected chi connectivity index (χ1v) is 9.80. The molecule has 0 aliphatic rings. The van der Waals surface area contributed by atoms with Gasteiger partial charge in [-0.2, -0.15) is 18.2 Å². The second-order valence-electron chi connectivity index (χ2n) is 7.35. The van der Waals surface area contributed by atoms with Crippen molar-refractivity contribution >= 4 is 10.9 Å². The van der Waals surface area contributed by atoms with Crippen LogP contribution in [-0.4, -0.2) is 21.7 Å². The molecule has 5 nitrogen and oxygen atoms in total. The van der Waals surface area contributed by atoms with Crippen LogP contribution < -0.4 is 4.74 Å². The summed E-state index contributed by atoms with van der Waals surface area (Å²) in [6, 6.07) is 13.5. The molecule has 0 unspecified atom stereocenters. The van der Waals surface area contributed by atoms with Crippen molar-refractivity contribution in [2.45, 2.75) is 32.9 Å². The van der Waals surface area contributed by atoms with Gasteiger partial charge in [0.2, 0.25) is 5.82 Å². The molecule has 0 bridgehead atoms. The summed E-state index contributed by atoms with van der Waals surface area (Å²) in [5, 5.41) is 4.55. The first-order valence-electron chi connectivity index (χ1n) is 9.80. The standard InChI is InChI=1S/C23H20F3N3O2/c1-14-10-18(21-28-22(31-29-21)23(24,25)26)11-15(2)20(14)30-9-5-6-16-12-17-7-3-4-8-19(17)27-13-16/h3-4,7-8,10-13H,5-6,9H2,1-2H3. The molecule has 0 aliphatic carbocycles. The number of nitrogens with zero attached hydrogens (tertiary/aromatic N) is 3. The molecule has 0 saturated carbocycles. The van der Waals surface area contributed by atoms with Gasteiger partial charge in [-0.25, -0.2) is 0 Å². The molecule has 8 heteroatoms. The first kappa shape index (κ1) is 20.8. The lowest BCUT2D eigenvalue weighted by Crippen LogP contribution is -2.05. The number of halogens is 3. The Bertz CT molecular complexity index is 1200. The number of benzene rings is 2. The van der Waals surface area contributed by atoms with Crippen LogP contribution in [0.2, 0.25) is 0 Å². The maximum Gasteiger partial charge on any atom is 0.471 e. The van der Waals surface area contributed by atoms with Gasteiger partial charge >= 0.3 is 12.1 Å². The van der Waals surface area contributed by atoms with Crippen molar-refractivity contribution in [3.63, 3.8) is 0 Å². The Morgan fingerprint density at radius 3 is 2.48 bits per heavy atom. The molecule has 0 atom stereocenters. The van der Waals surface area contributed by atoms with Crippen LogP contribution in [0.1, 0.15) is 29.0 Å². The average Bonchev–Trinajstić information content (AvgIpc) is 3.23. The van der Waals surface area contributed by atoms with Crippen molar-refractivity contribution < 1.29 is 22.4 Å². The van der Waals surface area contributed by atoms with E-state index in [4.69, 9.17) is 4.74 Å². The SMILES string of the molecule is Cc1cc(-c2noc(C(F)(F)F)n2)cc(C)c1OCCCc1cnc2ccccc2c1. The number of hydrogen-bond donors (Lipinski definition) is 0. The number of para-hydroxylation sites is 1. The van der Waals surface area contributed by atoms with Gasteiger partial charge in [-0.05, 0) is 67.6 Å². The summed E-state index contributed by atoms with van der Waals surface area (Å²) in [7, 11) is 0. The number of alkyl halides is 3. The average molecular weight is 427 g/mol. The Hall–Kier alpha value is -3.42. The molecule has 0 amide bonds. The van der Waals surface area contributed by atoms with Gasteiger partial charge < -0.3 is 9.26 Å². The van der Waals surface area contributed by atoms with Crippen LogP contribution in [0.4, 0.5) is 13.2 Å². The van der Waals surface area contributed by atoms with Gasteiger partial charge in [-0.3, -0.25) is 4.98 Å². The highest BCUT2D eigenvalue weighted by atomic mass is 19.4. The number of pyridine rings is 1. The van der Waals surface area contributed by atoms with Gasteiger partial charge in [0.05, 0.1) is 12.1 Å². The molecular weight excluding hydrogens is 407 g/mol. The first-order chi connectivity index (χ1) is 14.8. The molecule has 4 rings (SSSR count). The largest absolute Gasteiger partial charge is 0.493 e. The van der Waals surface area contributed by atoms with Gasteiger partial charge in [0.25, 0.3) is 0 Å². The summed E-state index contributed by atoms with van der Waals surface area (Å²) in [5.74, 6) is -0.755. The van der Waals surface area contributed by atoms with Gasteiger partial charge in [-0.1, -0.05) is 23.4 Å². The van der Waals surface area contributed by atoms with E-state index in [1.54, 1.807) is 12.1 Å². The molecule has 31 heavy (non-hydrogen) atoms. The summed E-state index contributed by atoms with van der Waals surface area (Å²) in [5.41, 5.74) is 4.15. The third kappa shape index (κ3) is 4.68. The van der Waals surface area contributed by atoms with Crippen LogP contribution in [0.25, 0.3) is 22.3 Å². The van der Waals surface area contributed by atoms with Crippen molar-refractivity contribution in [3.05, 3.63) is 71.2 Å². The van der Waals surface area contributed by atoms with Gasteiger partial charge in [0.1, 0.15) is 5.75 Å². The molecule has 2 aromatic carbocycles. The van der Waals surface area contributed by atoms with Crippen LogP contribution in [0.15, 0.2) is 53.2 Å². The number of aryl methyl sites for hydroxylation is 3. The van der Waals surface area contributed by atoms with Crippen LogP contribution >= 0.6 is 0 Å². The Balaban J connectivity index is 1.40. The van der Waals surface area contributed by atoms with Crippen molar-refractivity contribution in [2.24, 2.45) is 0 Å². The summed E-state index contributed by atoms with van der Waals surface area (Å²) in [6.07, 6.45) is -1.15. The summed E-state index contributed by atoms with van der Waals surface area (Å²) in [6.45, 7) is 4.18. The molecule has 0 fully saturated rings. The lowest BCUT2D eigenvalue weighted by molar-refractivity contribution is -0.159. The molecule has 4 aromatic rings. The number of ether oxygens (including phenoxy) is 1. The maximum absolute atomic E-state index is 12.7. The van der Waals surface area contributed by atoms with Gasteiger partial charge in [-0.15, -0.1) is 0 Å². The summed E-state index contributed by atoms with van der Waals surface area (Å²) >= 11 is 0. The van der Waals surface area contributed by atoms with E-state index in [0.29, 0.717) is 17.9 Å². The highest BCUT2D eigenvalue weighted by Gasteiger charge is 2.38. The Morgan fingerprint density at radius 2 is 1.77 bits per heavy atom. The minimum absolute atomic E-state index is 0.103. The van der Waals surface area contributed by atoms with Gasteiger partial charge in [0, 0.05) is 17.1 Å². The second-order valence-corrected chi connectivity index (χ2v) is 7.35. The van der Waals surface area contributed by atoms with Crippen LogP contribution in [0, 0.1) is 13.8 Å². The zero-order valence-electron chi connectivity index (χ0n) is 17.0. The van der Waals surface area contributed by atoms with E-state index in [1.165, 1.54) is 0 Å². The summed E-state index contributed by atoms with van der Waals surface area (Å²) in [4.78, 5) is 7.92. The van der Waals surface area contributed by atoms with E-state index < -0.39 is 12.1 Å². The number of aromatic nitrogens is 3. The molecule has 0 radical (unpaired) electrons. The van der Waals surface area contributed by atoms with E-state index >= 15 is 0 Å². The van der Waals surface area contributed by atoms with Crippen LogP contribution in [-0.2, 0) is 12.6 Å². The fourth-order valence-electron chi connectivity index (χ4n) is 3.47. The van der Waals surface area contributed by atoms with E-state index in [0.717, 1.165) is 40.4 Å². The highest BCUT2D eigenvalue weighted by molar-refractivity contribution is 5.78. The Morgan fingerprint density at radius 1 is 1.03 bits per heavy atom. The Kier molecular flexibility index (Phi) is 5.63. The molecule has 0 N–H and O–H groups in total. The number of hydrogen-bond acceptors (Lipinski definition) is 5. The Labute approximate surface area is 176 Å². The fourth-order valence-corrected chi connectivity index (χ4v) is 3.47. The molecule has 0 aliphatic heterocycles. The number of fused-ring (bicyclic) bond motifs is 1. The molecule has 2 heterocycles. The van der Waals surface area contributed by atoms with E-state index in [-0.39, 0.29) is 5.82 Å². The van der Waals surface area contributed by atoms with Crippen molar-refractivity contribution in [1.82, 2.24) is 15.1 Å². The minimum Gasteiger partial charge on any atom is -0.493 e. The molecule has 2 aromatic heterocycles. The highest BCUT2D eigenvalue weighted by Crippen LogP contribution is 2.32. The molecule has 0 spiro atoms. The predicted molar refractivity (Wildman–Crippen MR) is 110 cm³/mol. The second kappa shape index (κ2) is 8.37. The molecule has 160 valence electrons.